The standard InChI is InChI=1S/C22H17BrN2O4/c1-27-22-8-17(14-29-21-9-18(23)11-25-19(21)12-26)5-6-20(22)28-13-16-4-2-3-15(7-16)10-24/h2-9,11-12H,13-14H2,1H3. The average molecular weight is 453 g/mol. The van der Waals surface area contributed by atoms with Crippen molar-refractivity contribution in [3.63, 3.8) is 0 Å². The molecule has 0 fully saturated rings. The van der Waals surface area contributed by atoms with Crippen LogP contribution in [-0.4, -0.2) is 18.4 Å². The first kappa shape index (κ1) is 20.4. The second kappa shape index (κ2) is 9.71. The molecule has 3 rings (SSSR count). The third-order valence-electron chi connectivity index (χ3n) is 4.03. The number of carbonyl (C=O) groups excluding carboxylic acids is 1. The summed E-state index contributed by atoms with van der Waals surface area (Å²) in [5, 5.41) is 8.99. The first-order valence-corrected chi connectivity index (χ1v) is 9.44. The van der Waals surface area contributed by atoms with E-state index in [-0.39, 0.29) is 12.3 Å². The van der Waals surface area contributed by atoms with Gasteiger partial charge in [0.2, 0.25) is 0 Å². The topological polar surface area (TPSA) is 81.4 Å². The summed E-state index contributed by atoms with van der Waals surface area (Å²) in [6.07, 6.45) is 2.19. The Morgan fingerprint density at radius 2 is 1.79 bits per heavy atom. The Labute approximate surface area is 176 Å². The van der Waals surface area contributed by atoms with Gasteiger partial charge >= 0.3 is 0 Å². The molecule has 0 bridgehead atoms. The molecule has 0 aliphatic heterocycles. The fourth-order valence-electron chi connectivity index (χ4n) is 2.61. The summed E-state index contributed by atoms with van der Waals surface area (Å²) in [6, 6.07) is 16.5. The van der Waals surface area contributed by atoms with Crippen LogP contribution in [0.1, 0.15) is 27.2 Å². The summed E-state index contributed by atoms with van der Waals surface area (Å²) < 4.78 is 17.7. The van der Waals surface area contributed by atoms with Gasteiger partial charge < -0.3 is 14.2 Å². The van der Waals surface area contributed by atoms with E-state index in [0.29, 0.717) is 35.7 Å². The zero-order chi connectivity index (χ0) is 20.6. The Balaban J connectivity index is 1.69. The van der Waals surface area contributed by atoms with E-state index < -0.39 is 0 Å². The maximum Gasteiger partial charge on any atom is 0.172 e. The van der Waals surface area contributed by atoms with Crippen LogP contribution in [0, 0.1) is 11.3 Å². The number of rotatable bonds is 8. The maximum absolute atomic E-state index is 11.1. The van der Waals surface area contributed by atoms with Crippen LogP contribution in [0.25, 0.3) is 0 Å². The fourth-order valence-corrected chi connectivity index (χ4v) is 2.92. The minimum atomic E-state index is 0.236. The van der Waals surface area contributed by atoms with E-state index in [0.717, 1.165) is 15.6 Å². The molecular formula is C22H17BrN2O4. The number of carbonyl (C=O) groups is 1. The highest BCUT2D eigenvalue weighted by molar-refractivity contribution is 9.10. The molecule has 0 aliphatic carbocycles. The average Bonchev–Trinajstić information content (AvgIpc) is 2.76. The highest BCUT2D eigenvalue weighted by Gasteiger charge is 2.10. The first-order chi connectivity index (χ1) is 14.1. The van der Waals surface area contributed by atoms with Crippen molar-refractivity contribution in [2.75, 3.05) is 7.11 Å². The van der Waals surface area contributed by atoms with Crippen LogP contribution >= 0.6 is 15.9 Å². The number of nitrogens with zero attached hydrogens (tertiary/aromatic N) is 2. The van der Waals surface area contributed by atoms with E-state index in [1.807, 2.05) is 24.3 Å². The van der Waals surface area contributed by atoms with Crippen LogP contribution in [0.4, 0.5) is 0 Å². The van der Waals surface area contributed by atoms with Gasteiger partial charge in [0.05, 0.1) is 18.7 Å². The molecule has 2 aromatic carbocycles. The van der Waals surface area contributed by atoms with Crippen molar-refractivity contribution in [1.82, 2.24) is 4.98 Å². The first-order valence-electron chi connectivity index (χ1n) is 8.65. The van der Waals surface area contributed by atoms with Crippen molar-refractivity contribution in [2.24, 2.45) is 0 Å². The zero-order valence-electron chi connectivity index (χ0n) is 15.6. The highest BCUT2D eigenvalue weighted by atomic mass is 79.9. The SMILES string of the molecule is COc1cc(COc2cc(Br)cnc2C=O)ccc1OCc1cccc(C#N)c1. The Morgan fingerprint density at radius 1 is 1.03 bits per heavy atom. The molecule has 0 N–H and O–H groups in total. The number of nitriles is 1. The minimum Gasteiger partial charge on any atom is -0.493 e. The van der Waals surface area contributed by atoms with Crippen molar-refractivity contribution in [3.8, 4) is 23.3 Å². The van der Waals surface area contributed by atoms with Gasteiger partial charge in [-0.25, -0.2) is 4.98 Å². The molecule has 0 unspecified atom stereocenters. The molecule has 0 amide bonds. The quantitative estimate of drug-likeness (QED) is 0.460. The van der Waals surface area contributed by atoms with Gasteiger partial charge in [0.25, 0.3) is 0 Å². The van der Waals surface area contributed by atoms with E-state index in [1.54, 1.807) is 31.4 Å². The Hall–Kier alpha value is -3.37. The second-order valence-electron chi connectivity index (χ2n) is 6.03. The van der Waals surface area contributed by atoms with Crippen molar-refractivity contribution in [2.45, 2.75) is 13.2 Å². The van der Waals surface area contributed by atoms with E-state index in [4.69, 9.17) is 19.5 Å². The lowest BCUT2D eigenvalue weighted by Crippen LogP contribution is -2.02. The maximum atomic E-state index is 11.1. The molecule has 146 valence electrons. The molecule has 1 heterocycles. The van der Waals surface area contributed by atoms with Gasteiger partial charge in [-0.2, -0.15) is 5.26 Å². The van der Waals surface area contributed by atoms with E-state index in [1.165, 1.54) is 6.20 Å². The largest absolute Gasteiger partial charge is 0.493 e. The molecule has 7 heteroatoms. The number of hydrogen-bond acceptors (Lipinski definition) is 6. The highest BCUT2D eigenvalue weighted by Crippen LogP contribution is 2.30. The fraction of sp³-hybridized carbons (Fsp3) is 0.136. The van der Waals surface area contributed by atoms with Crippen LogP contribution in [0.3, 0.4) is 0 Å². The summed E-state index contributed by atoms with van der Waals surface area (Å²) in [5.74, 6) is 1.54. The summed E-state index contributed by atoms with van der Waals surface area (Å²) in [4.78, 5) is 15.1. The number of hydrogen-bond donors (Lipinski definition) is 0. The van der Waals surface area contributed by atoms with Crippen LogP contribution in [-0.2, 0) is 13.2 Å². The Morgan fingerprint density at radius 3 is 2.52 bits per heavy atom. The number of benzene rings is 2. The van der Waals surface area contributed by atoms with Crippen molar-refractivity contribution < 1.29 is 19.0 Å². The van der Waals surface area contributed by atoms with E-state index >= 15 is 0 Å². The molecule has 0 aliphatic rings. The van der Waals surface area contributed by atoms with E-state index in [2.05, 4.69) is 27.0 Å². The molecule has 29 heavy (non-hydrogen) atoms. The Kier molecular flexibility index (Phi) is 6.82. The minimum absolute atomic E-state index is 0.236. The summed E-state index contributed by atoms with van der Waals surface area (Å²) >= 11 is 3.32. The van der Waals surface area contributed by atoms with Gasteiger partial charge in [0, 0.05) is 10.7 Å². The lowest BCUT2D eigenvalue weighted by atomic mass is 10.1. The van der Waals surface area contributed by atoms with Gasteiger partial charge in [0.15, 0.2) is 17.8 Å². The molecule has 6 nitrogen and oxygen atoms in total. The van der Waals surface area contributed by atoms with Crippen molar-refractivity contribution in [3.05, 3.63) is 81.6 Å². The van der Waals surface area contributed by atoms with Gasteiger partial charge in [0.1, 0.15) is 24.7 Å². The van der Waals surface area contributed by atoms with Crippen molar-refractivity contribution >= 4 is 22.2 Å². The van der Waals surface area contributed by atoms with E-state index in [9.17, 15) is 4.79 Å². The number of pyridine rings is 1. The number of aromatic nitrogens is 1. The Bertz CT molecular complexity index is 1060. The number of methoxy groups -OCH3 is 1. The molecule has 0 saturated carbocycles. The summed E-state index contributed by atoms with van der Waals surface area (Å²) in [7, 11) is 1.56. The van der Waals surface area contributed by atoms with Gasteiger partial charge in [-0.15, -0.1) is 0 Å². The van der Waals surface area contributed by atoms with Crippen LogP contribution in [0.5, 0.6) is 17.2 Å². The van der Waals surface area contributed by atoms with Gasteiger partial charge in [-0.05, 0) is 57.4 Å². The van der Waals surface area contributed by atoms with Crippen molar-refractivity contribution in [1.29, 1.82) is 5.26 Å². The molecule has 3 aromatic rings. The zero-order valence-corrected chi connectivity index (χ0v) is 17.2. The summed E-state index contributed by atoms with van der Waals surface area (Å²) in [6.45, 7) is 0.550. The molecule has 0 atom stereocenters. The number of halogens is 1. The van der Waals surface area contributed by atoms with Gasteiger partial charge in [-0.1, -0.05) is 18.2 Å². The third kappa shape index (κ3) is 5.33. The van der Waals surface area contributed by atoms with Crippen LogP contribution < -0.4 is 14.2 Å². The summed E-state index contributed by atoms with van der Waals surface area (Å²) in [5.41, 5.74) is 2.56. The number of aldehydes is 1. The molecule has 0 spiro atoms. The molecule has 0 saturated heterocycles. The smallest absolute Gasteiger partial charge is 0.172 e. The molecule has 1 aromatic heterocycles. The second-order valence-corrected chi connectivity index (χ2v) is 6.95. The van der Waals surface area contributed by atoms with Gasteiger partial charge in [-0.3, -0.25) is 4.79 Å². The molecule has 0 radical (unpaired) electrons. The third-order valence-corrected chi connectivity index (χ3v) is 4.47. The normalized spacial score (nSPS) is 10.1. The predicted molar refractivity (Wildman–Crippen MR) is 110 cm³/mol. The lowest BCUT2D eigenvalue weighted by molar-refractivity contribution is 0.111. The number of ether oxygens (including phenoxy) is 3. The van der Waals surface area contributed by atoms with Crippen LogP contribution in [0.15, 0.2) is 59.2 Å². The monoisotopic (exact) mass is 452 g/mol. The predicted octanol–water partition coefficient (Wildman–Crippen LogP) is 4.69. The lowest BCUT2D eigenvalue weighted by Gasteiger charge is -2.13. The van der Waals surface area contributed by atoms with Crippen LogP contribution in [0.2, 0.25) is 0 Å². The molecular weight excluding hydrogens is 436 g/mol.